The third-order valence-electron chi connectivity index (χ3n) is 2.73. The zero-order valence-corrected chi connectivity index (χ0v) is 10.6. The molecule has 0 fully saturated rings. The minimum Gasteiger partial charge on any atom is -0.493 e. The van der Waals surface area contributed by atoms with Crippen LogP contribution in [0.2, 0.25) is 0 Å². The highest BCUT2D eigenvalue weighted by Crippen LogP contribution is 2.29. The van der Waals surface area contributed by atoms with Gasteiger partial charge in [-0.05, 0) is 18.5 Å². The second-order valence-corrected chi connectivity index (χ2v) is 4.62. The summed E-state index contributed by atoms with van der Waals surface area (Å²) in [6, 6.07) is 5.97. The summed E-state index contributed by atoms with van der Waals surface area (Å²) >= 11 is 0. The normalized spacial score (nSPS) is 11.3. The Kier molecular flexibility index (Phi) is 3.69. The summed E-state index contributed by atoms with van der Waals surface area (Å²) in [7, 11) is 1.66. The van der Waals surface area contributed by atoms with Gasteiger partial charge < -0.3 is 14.5 Å². The number of rotatable bonds is 5. The second-order valence-electron chi connectivity index (χ2n) is 4.62. The van der Waals surface area contributed by atoms with E-state index in [0.29, 0.717) is 5.92 Å². The lowest BCUT2D eigenvalue weighted by atomic mass is 10.1. The maximum Gasteiger partial charge on any atom is 0.176 e. The van der Waals surface area contributed by atoms with Crippen molar-refractivity contribution >= 4 is 11.0 Å². The molecule has 0 bridgehead atoms. The summed E-state index contributed by atoms with van der Waals surface area (Å²) in [6.45, 7) is 6.24. The third kappa shape index (κ3) is 2.61. The highest BCUT2D eigenvalue weighted by Gasteiger charge is 2.09. The Morgan fingerprint density at radius 1 is 1.35 bits per heavy atom. The summed E-state index contributed by atoms with van der Waals surface area (Å²) in [5, 5.41) is 4.54. The summed E-state index contributed by atoms with van der Waals surface area (Å²) < 4.78 is 10.8. The first-order chi connectivity index (χ1) is 8.22. The van der Waals surface area contributed by atoms with Gasteiger partial charge in [0.1, 0.15) is 0 Å². The fourth-order valence-electron chi connectivity index (χ4n) is 1.88. The molecule has 0 aliphatic carbocycles. The van der Waals surface area contributed by atoms with Gasteiger partial charge in [-0.3, -0.25) is 0 Å². The fraction of sp³-hybridized carbons (Fsp3) is 0.429. The maximum atomic E-state index is 5.56. The maximum absolute atomic E-state index is 5.56. The molecule has 3 heteroatoms. The Bertz CT molecular complexity index is 488. The quantitative estimate of drug-likeness (QED) is 0.861. The zero-order chi connectivity index (χ0) is 12.3. The second kappa shape index (κ2) is 5.23. The first-order valence-corrected chi connectivity index (χ1v) is 5.96. The number of fused-ring (bicyclic) bond motifs is 1. The van der Waals surface area contributed by atoms with E-state index in [1.165, 1.54) is 5.56 Å². The van der Waals surface area contributed by atoms with Gasteiger partial charge in [-0.25, -0.2) is 0 Å². The average molecular weight is 233 g/mol. The predicted molar refractivity (Wildman–Crippen MR) is 69.3 cm³/mol. The van der Waals surface area contributed by atoms with Crippen molar-refractivity contribution in [2.75, 3.05) is 13.7 Å². The standard InChI is InChI=1S/C14H19NO2/c1-10(2)7-15-8-11-9-17-14-12(11)5-4-6-13(14)16-3/h4-6,9-10,15H,7-8H2,1-3H3. The molecule has 1 heterocycles. The van der Waals surface area contributed by atoms with E-state index in [0.717, 1.165) is 29.8 Å². The Hall–Kier alpha value is -1.48. The van der Waals surface area contributed by atoms with E-state index >= 15 is 0 Å². The van der Waals surface area contributed by atoms with Crippen LogP contribution in [0.1, 0.15) is 19.4 Å². The topological polar surface area (TPSA) is 34.4 Å². The van der Waals surface area contributed by atoms with Crippen LogP contribution in [0, 0.1) is 5.92 Å². The Balaban J connectivity index is 2.18. The van der Waals surface area contributed by atoms with Crippen LogP contribution in [0.4, 0.5) is 0 Å². The van der Waals surface area contributed by atoms with Gasteiger partial charge in [0.05, 0.1) is 13.4 Å². The van der Waals surface area contributed by atoms with Crippen LogP contribution in [0.5, 0.6) is 5.75 Å². The van der Waals surface area contributed by atoms with Crippen LogP contribution in [0.25, 0.3) is 11.0 Å². The van der Waals surface area contributed by atoms with Crippen molar-refractivity contribution in [3.63, 3.8) is 0 Å². The Morgan fingerprint density at radius 3 is 2.88 bits per heavy atom. The lowest BCUT2D eigenvalue weighted by Gasteiger charge is -2.06. The number of furan rings is 1. The van der Waals surface area contributed by atoms with E-state index < -0.39 is 0 Å². The molecule has 0 spiro atoms. The molecule has 2 rings (SSSR count). The molecule has 92 valence electrons. The predicted octanol–water partition coefficient (Wildman–Crippen LogP) is 3.19. The molecule has 1 aromatic heterocycles. The molecule has 0 saturated heterocycles. The van der Waals surface area contributed by atoms with Gasteiger partial charge in [-0.2, -0.15) is 0 Å². The molecule has 1 N–H and O–H groups in total. The lowest BCUT2D eigenvalue weighted by molar-refractivity contribution is 0.410. The van der Waals surface area contributed by atoms with E-state index in [9.17, 15) is 0 Å². The van der Waals surface area contributed by atoms with E-state index in [4.69, 9.17) is 9.15 Å². The molecule has 2 aromatic rings. The van der Waals surface area contributed by atoms with Crippen LogP contribution in [-0.2, 0) is 6.54 Å². The van der Waals surface area contributed by atoms with Crippen molar-refractivity contribution in [2.24, 2.45) is 5.92 Å². The number of hydrogen-bond acceptors (Lipinski definition) is 3. The molecule has 17 heavy (non-hydrogen) atoms. The monoisotopic (exact) mass is 233 g/mol. The largest absolute Gasteiger partial charge is 0.493 e. The van der Waals surface area contributed by atoms with Gasteiger partial charge >= 0.3 is 0 Å². The van der Waals surface area contributed by atoms with Crippen molar-refractivity contribution in [1.29, 1.82) is 0 Å². The van der Waals surface area contributed by atoms with Crippen LogP contribution < -0.4 is 10.1 Å². The lowest BCUT2D eigenvalue weighted by Crippen LogP contribution is -2.18. The van der Waals surface area contributed by atoms with Gasteiger partial charge in [0, 0.05) is 17.5 Å². The highest BCUT2D eigenvalue weighted by molar-refractivity contribution is 5.86. The summed E-state index contributed by atoms with van der Waals surface area (Å²) in [6.07, 6.45) is 1.81. The molecule has 0 amide bonds. The number of para-hydroxylation sites is 1. The molecular formula is C14H19NO2. The molecule has 1 aromatic carbocycles. The summed E-state index contributed by atoms with van der Waals surface area (Å²) in [4.78, 5) is 0. The summed E-state index contributed by atoms with van der Waals surface area (Å²) in [5.41, 5.74) is 2.01. The van der Waals surface area contributed by atoms with Gasteiger partial charge in [0.2, 0.25) is 0 Å². The zero-order valence-electron chi connectivity index (χ0n) is 10.6. The minimum atomic E-state index is 0.655. The number of methoxy groups -OCH3 is 1. The van der Waals surface area contributed by atoms with E-state index in [1.807, 2.05) is 12.1 Å². The average Bonchev–Trinajstić information content (AvgIpc) is 2.72. The molecule has 0 aliphatic heterocycles. The van der Waals surface area contributed by atoms with Crippen molar-refractivity contribution < 1.29 is 9.15 Å². The van der Waals surface area contributed by atoms with E-state index in [2.05, 4.69) is 25.2 Å². The van der Waals surface area contributed by atoms with Crippen LogP contribution in [-0.4, -0.2) is 13.7 Å². The highest BCUT2D eigenvalue weighted by atomic mass is 16.5. The molecule has 0 radical (unpaired) electrons. The van der Waals surface area contributed by atoms with Gasteiger partial charge in [0.25, 0.3) is 0 Å². The molecular weight excluding hydrogens is 214 g/mol. The number of nitrogens with one attached hydrogen (secondary N) is 1. The third-order valence-corrected chi connectivity index (χ3v) is 2.73. The molecule has 0 unspecified atom stereocenters. The molecule has 0 aliphatic rings. The van der Waals surface area contributed by atoms with Crippen molar-refractivity contribution in [3.05, 3.63) is 30.0 Å². The Morgan fingerprint density at radius 2 is 2.18 bits per heavy atom. The molecule has 3 nitrogen and oxygen atoms in total. The first-order valence-electron chi connectivity index (χ1n) is 5.96. The fourth-order valence-corrected chi connectivity index (χ4v) is 1.88. The summed E-state index contributed by atoms with van der Waals surface area (Å²) in [5.74, 6) is 1.44. The Labute approximate surface area is 102 Å². The van der Waals surface area contributed by atoms with Crippen LogP contribution >= 0.6 is 0 Å². The van der Waals surface area contributed by atoms with E-state index in [-0.39, 0.29) is 0 Å². The minimum absolute atomic E-state index is 0.655. The van der Waals surface area contributed by atoms with Gasteiger partial charge in [0.15, 0.2) is 11.3 Å². The number of hydrogen-bond donors (Lipinski definition) is 1. The van der Waals surface area contributed by atoms with Crippen molar-refractivity contribution in [1.82, 2.24) is 5.32 Å². The first kappa shape index (κ1) is 12.0. The smallest absolute Gasteiger partial charge is 0.176 e. The van der Waals surface area contributed by atoms with Crippen molar-refractivity contribution in [3.8, 4) is 5.75 Å². The van der Waals surface area contributed by atoms with Gasteiger partial charge in [-0.15, -0.1) is 0 Å². The molecule has 0 atom stereocenters. The van der Waals surface area contributed by atoms with Crippen LogP contribution in [0.3, 0.4) is 0 Å². The van der Waals surface area contributed by atoms with Crippen LogP contribution in [0.15, 0.2) is 28.9 Å². The van der Waals surface area contributed by atoms with E-state index in [1.54, 1.807) is 13.4 Å². The number of benzene rings is 1. The van der Waals surface area contributed by atoms with Gasteiger partial charge in [-0.1, -0.05) is 26.0 Å². The SMILES string of the molecule is COc1cccc2c(CNCC(C)C)coc12. The molecule has 0 saturated carbocycles. The van der Waals surface area contributed by atoms with Crippen molar-refractivity contribution in [2.45, 2.75) is 20.4 Å². The number of ether oxygens (including phenoxy) is 1.